The van der Waals surface area contributed by atoms with Crippen LogP contribution in [0.3, 0.4) is 0 Å². The van der Waals surface area contributed by atoms with Crippen LogP contribution in [0.4, 0.5) is 5.69 Å². The maximum absolute atomic E-state index is 13.8. The third-order valence-corrected chi connectivity index (χ3v) is 8.35. The van der Waals surface area contributed by atoms with Crippen LogP contribution >= 0.6 is 15.9 Å². The average Bonchev–Trinajstić information content (AvgIpc) is 2.90. The van der Waals surface area contributed by atoms with Gasteiger partial charge in [0.2, 0.25) is 11.8 Å². The van der Waals surface area contributed by atoms with Crippen molar-refractivity contribution < 1.29 is 18.0 Å². The first-order valence-corrected chi connectivity index (χ1v) is 14.3. The van der Waals surface area contributed by atoms with Crippen LogP contribution in [0, 0.1) is 0 Å². The molecular formula is C28H32BrN3O4S. The van der Waals surface area contributed by atoms with Crippen LogP contribution in [0.5, 0.6) is 0 Å². The predicted octanol–water partition coefficient (Wildman–Crippen LogP) is 4.98. The average molecular weight is 587 g/mol. The third kappa shape index (κ3) is 7.42. The normalized spacial score (nSPS) is 12.9. The summed E-state index contributed by atoms with van der Waals surface area (Å²) in [4.78, 5) is 28.4. The molecule has 0 unspecified atom stereocenters. The predicted molar refractivity (Wildman–Crippen MR) is 149 cm³/mol. The smallest absolute Gasteiger partial charge is 0.264 e. The van der Waals surface area contributed by atoms with Gasteiger partial charge < -0.3 is 10.2 Å². The van der Waals surface area contributed by atoms with Gasteiger partial charge in [0.1, 0.15) is 12.6 Å². The van der Waals surface area contributed by atoms with Crippen molar-refractivity contribution >= 4 is 43.5 Å². The molecule has 2 atom stereocenters. The van der Waals surface area contributed by atoms with E-state index in [1.807, 2.05) is 38.1 Å². The monoisotopic (exact) mass is 585 g/mol. The quantitative estimate of drug-likeness (QED) is 0.344. The maximum atomic E-state index is 13.8. The van der Waals surface area contributed by atoms with E-state index in [-0.39, 0.29) is 23.4 Å². The van der Waals surface area contributed by atoms with Crippen LogP contribution in [-0.2, 0) is 26.2 Å². The number of rotatable bonds is 11. The molecule has 3 aromatic carbocycles. The summed E-state index contributed by atoms with van der Waals surface area (Å²) in [6, 6.07) is 23.1. The second-order valence-corrected chi connectivity index (χ2v) is 11.6. The van der Waals surface area contributed by atoms with E-state index in [2.05, 4.69) is 21.2 Å². The summed E-state index contributed by atoms with van der Waals surface area (Å²) in [5.74, 6) is -0.787. The molecule has 0 heterocycles. The molecule has 3 rings (SSSR count). The van der Waals surface area contributed by atoms with Gasteiger partial charge in [0, 0.05) is 17.1 Å². The summed E-state index contributed by atoms with van der Waals surface area (Å²) in [5.41, 5.74) is 1.17. The van der Waals surface area contributed by atoms with Crippen molar-refractivity contribution in [3.05, 3.63) is 95.0 Å². The fraction of sp³-hybridized carbons (Fsp3) is 0.286. The third-order valence-electron chi connectivity index (χ3n) is 6.06. The van der Waals surface area contributed by atoms with Crippen molar-refractivity contribution in [1.29, 1.82) is 0 Å². The molecule has 0 aliphatic carbocycles. The zero-order valence-corrected chi connectivity index (χ0v) is 23.6. The van der Waals surface area contributed by atoms with Crippen LogP contribution in [0.1, 0.15) is 32.8 Å². The van der Waals surface area contributed by atoms with Gasteiger partial charge in [0.15, 0.2) is 0 Å². The zero-order valence-electron chi connectivity index (χ0n) is 21.2. The molecule has 3 aromatic rings. The first-order chi connectivity index (χ1) is 17.6. The van der Waals surface area contributed by atoms with Gasteiger partial charge in [-0.3, -0.25) is 13.9 Å². The molecule has 0 aliphatic heterocycles. The van der Waals surface area contributed by atoms with Gasteiger partial charge >= 0.3 is 0 Å². The largest absolute Gasteiger partial charge is 0.352 e. The Hall–Kier alpha value is -3.17. The van der Waals surface area contributed by atoms with Gasteiger partial charge in [-0.05, 0) is 62.2 Å². The van der Waals surface area contributed by atoms with E-state index < -0.39 is 28.5 Å². The van der Waals surface area contributed by atoms with Gasteiger partial charge in [0.05, 0.1) is 10.6 Å². The number of hydrogen-bond acceptors (Lipinski definition) is 4. The highest BCUT2D eigenvalue weighted by molar-refractivity contribution is 9.10. The Bertz CT molecular complexity index is 1300. The van der Waals surface area contributed by atoms with Gasteiger partial charge in [-0.15, -0.1) is 0 Å². The highest BCUT2D eigenvalue weighted by Gasteiger charge is 2.32. The number of nitrogens with zero attached hydrogens (tertiary/aromatic N) is 2. The lowest BCUT2D eigenvalue weighted by molar-refractivity contribution is -0.139. The van der Waals surface area contributed by atoms with Crippen molar-refractivity contribution in [3.8, 4) is 0 Å². The van der Waals surface area contributed by atoms with E-state index in [4.69, 9.17) is 0 Å². The highest BCUT2D eigenvalue weighted by Crippen LogP contribution is 2.24. The van der Waals surface area contributed by atoms with E-state index >= 15 is 0 Å². The van der Waals surface area contributed by atoms with Gasteiger partial charge in [-0.2, -0.15) is 0 Å². The molecule has 1 N–H and O–H groups in total. The molecule has 0 fully saturated rings. The Morgan fingerprint density at radius 2 is 1.54 bits per heavy atom. The van der Waals surface area contributed by atoms with Crippen LogP contribution < -0.4 is 9.62 Å². The summed E-state index contributed by atoms with van der Waals surface area (Å²) < 4.78 is 29.2. The Labute approximate surface area is 227 Å². The number of para-hydroxylation sites is 1. The van der Waals surface area contributed by atoms with Crippen LogP contribution in [-0.4, -0.2) is 43.8 Å². The molecular weight excluding hydrogens is 554 g/mol. The van der Waals surface area contributed by atoms with Crippen molar-refractivity contribution in [3.63, 3.8) is 0 Å². The molecule has 0 bridgehead atoms. The van der Waals surface area contributed by atoms with E-state index in [1.54, 1.807) is 55.5 Å². The molecule has 0 spiro atoms. The lowest BCUT2D eigenvalue weighted by atomic mass is 10.1. The standard InChI is InChI=1S/C28H32BrN3O4S/c1-4-21(2)30-28(34)22(3)31(19-23-12-11-13-24(29)18-23)27(33)20-32(25-14-7-5-8-15-25)37(35,36)26-16-9-6-10-17-26/h5-18,21-22H,4,19-20H2,1-3H3,(H,30,34)/t21-,22-/m0/s1. The van der Waals surface area contributed by atoms with Gasteiger partial charge in [-0.25, -0.2) is 8.42 Å². The summed E-state index contributed by atoms with van der Waals surface area (Å²) in [6.07, 6.45) is 0.745. The fourth-order valence-corrected chi connectivity index (χ4v) is 5.60. The second kappa shape index (κ2) is 12.9. The molecule has 37 heavy (non-hydrogen) atoms. The number of anilines is 1. The van der Waals surface area contributed by atoms with Gasteiger partial charge in [-0.1, -0.05) is 71.4 Å². The Morgan fingerprint density at radius 3 is 2.14 bits per heavy atom. The summed E-state index contributed by atoms with van der Waals surface area (Å²) in [6.45, 7) is 5.20. The lowest BCUT2D eigenvalue weighted by Crippen LogP contribution is -2.52. The molecule has 0 aromatic heterocycles. The van der Waals surface area contributed by atoms with E-state index in [9.17, 15) is 18.0 Å². The summed E-state index contributed by atoms with van der Waals surface area (Å²) in [7, 11) is -4.05. The first kappa shape index (κ1) is 28.4. The van der Waals surface area contributed by atoms with E-state index in [0.29, 0.717) is 5.69 Å². The van der Waals surface area contributed by atoms with Crippen LogP contribution in [0.25, 0.3) is 0 Å². The number of hydrogen-bond donors (Lipinski definition) is 1. The van der Waals surface area contributed by atoms with Crippen molar-refractivity contribution in [2.24, 2.45) is 0 Å². The molecule has 0 saturated carbocycles. The van der Waals surface area contributed by atoms with Crippen molar-refractivity contribution in [2.75, 3.05) is 10.8 Å². The maximum Gasteiger partial charge on any atom is 0.264 e. The number of amides is 2. The Kier molecular flexibility index (Phi) is 9.88. The molecule has 2 amide bonds. The molecule has 0 radical (unpaired) electrons. The molecule has 0 aliphatic rings. The fourth-order valence-electron chi connectivity index (χ4n) is 3.72. The SMILES string of the molecule is CC[C@H](C)NC(=O)[C@H](C)N(Cc1cccc(Br)c1)C(=O)CN(c1ccccc1)S(=O)(=O)c1ccccc1. The minimum absolute atomic E-state index is 0.0583. The van der Waals surface area contributed by atoms with E-state index in [1.165, 1.54) is 17.0 Å². The Balaban J connectivity index is 1.99. The number of carbonyl (C=O) groups is 2. The van der Waals surface area contributed by atoms with Gasteiger partial charge in [0.25, 0.3) is 10.0 Å². The molecule has 196 valence electrons. The van der Waals surface area contributed by atoms with Crippen LogP contribution in [0.2, 0.25) is 0 Å². The minimum Gasteiger partial charge on any atom is -0.352 e. The number of carbonyl (C=O) groups excluding carboxylic acids is 2. The molecule has 9 heteroatoms. The van der Waals surface area contributed by atoms with Crippen LogP contribution in [0.15, 0.2) is 94.3 Å². The number of sulfonamides is 1. The topological polar surface area (TPSA) is 86.8 Å². The van der Waals surface area contributed by atoms with Crippen molar-refractivity contribution in [2.45, 2.75) is 50.7 Å². The zero-order chi connectivity index (χ0) is 27.0. The number of benzene rings is 3. The molecule has 7 nitrogen and oxygen atoms in total. The first-order valence-electron chi connectivity index (χ1n) is 12.1. The number of nitrogens with one attached hydrogen (secondary N) is 1. The summed E-state index contributed by atoms with van der Waals surface area (Å²) in [5, 5.41) is 2.93. The Morgan fingerprint density at radius 1 is 0.919 bits per heavy atom. The lowest BCUT2D eigenvalue weighted by Gasteiger charge is -2.32. The highest BCUT2D eigenvalue weighted by atomic mass is 79.9. The number of halogens is 1. The summed E-state index contributed by atoms with van der Waals surface area (Å²) >= 11 is 3.45. The second-order valence-electron chi connectivity index (χ2n) is 8.81. The van der Waals surface area contributed by atoms with E-state index in [0.717, 1.165) is 20.8 Å². The van der Waals surface area contributed by atoms with Crippen molar-refractivity contribution in [1.82, 2.24) is 10.2 Å². The minimum atomic E-state index is -4.05. The molecule has 0 saturated heterocycles.